The predicted molar refractivity (Wildman–Crippen MR) is 165 cm³/mol. The smallest absolute Gasteiger partial charge is 0.251 e. The first-order chi connectivity index (χ1) is 20.6. The molecule has 9 nitrogen and oxygen atoms in total. The van der Waals surface area contributed by atoms with E-state index < -0.39 is 0 Å². The number of ether oxygens (including phenoxy) is 1. The quantitative estimate of drug-likeness (QED) is 0.134. The van der Waals surface area contributed by atoms with Gasteiger partial charge in [-0.25, -0.2) is 4.99 Å². The fourth-order valence-corrected chi connectivity index (χ4v) is 5.25. The molecule has 1 aromatic heterocycles. The van der Waals surface area contributed by atoms with Crippen molar-refractivity contribution in [2.75, 3.05) is 59.5 Å². The van der Waals surface area contributed by atoms with Gasteiger partial charge < -0.3 is 25.0 Å². The lowest BCUT2D eigenvalue weighted by atomic mass is 10.00. The van der Waals surface area contributed by atoms with Crippen molar-refractivity contribution in [3.63, 3.8) is 0 Å². The maximum Gasteiger partial charge on any atom is 0.251 e. The summed E-state index contributed by atoms with van der Waals surface area (Å²) in [5.74, 6) is -0.141. The van der Waals surface area contributed by atoms with Crippen LogP contribution in [0.4, 0.5) is 5.69 Å². The number of aromatic amines is 1. The average molecular weight is 568 g/mol. The van der Waals surface area contributed by atoms with Crippen LogP contribution in [0.25, 0.3) is 10.9 Å². The van der Waals surface area contributed by atoms with Crippen molar-refractivity contribution in [3.05, 3.63) is 95.1 Å². The summed E-state index contributed by atoms with van der Waals surface area (Å²) >= 11 is 0. The average Bonchev–Trinajstić information content (AvgIpc) is 3.36. The molecule has 2 heterocycles. The standard InChI is InChI=1S/C33H37N5O4/c1-42-21-20-38-18-16-37(17-19-38)15-5-14-34-32(40)26-9-11-27(12-10-26)35-31(25-6-3-2-4-7-25)30-28-13-8-24(23-39)22-29(28)36-33(30)41/h2-4,6-13,22-23,36,41H,5,14-21H2,1H3,(H,34,40). The monoisotopic (exact) mass is 567 g/mol. The Bertz CT molecular complexity index is 1520. The number of rotatable bonds is 12. The Kier molecular flexibility index (Phi) is 9.76. The zero-order chi connectivity index (χ0) is 29.3. The number of carbonyl (C=O) groups is 2. The zero-order valence-electron chi connectivity index (χ0n) is 23.9. The summed E-state index contributed by atoms with van der Waals surface area (Å²) in [7, 11) is 1.74. The molecule has 9 heteroatoms. The highest BCUT2D eigenvalue weighted by molar-refractivity contribution is 6.22. The van der Waals surface area contributed by atoms with Crippen molar-refractivity contribution in [1.82, 2.24) is 20.1 Å². The van der Waals surface area contributed by atoms with Crippen LogP contribution in [-0.4, -0.2) is 97.3 Å². The van der Waals surface area contributed by atoms with Crippen LogP contribution in [0.15, 0.2) is 77.8 Å². The number of piperazine rings is 1. The lowest BCUT2D eigenvalue weighted by Gasteiger charge is -2.34. The molecule has 3 N–H and O–H groups in total. The first kappa shape index (κ1) is 29.2. The summed E-state index contributed by atoms with van der Waals surface area (Å²) in [6.07, 6.45) is 1.67. The second-order valence-corrected chi connectivity index (χ2v) is 10.4. The molecule has 1 amide bonds. The van der Waals surface area contributed by atoms with Crippen molar-refractivity contribution in [1.29, 1.82) is 0 Å². The highest BCUT2D eigenvalue weighted by atomic mass is 16.5. The molecule has 0 aliphatic carbocycles. The molecule has 1 aliphatic heterocycles. The number of aromatic hydroxyl groups is 1. The number of amides is 1. The van der Waals surface area contributed by atoms with Crippen molar-refractivity contribution in [3.8, 4) is 5.88 Å². The molecular formula is C33H37N5O4. The van der Waals surface area contributed by atoms with E-state index in [1.54, 1.807) is 49.6 Å². The van der Waals surface area contributed by atoms with E-state index >= 15 is 0 Å². The van der Waals surface area contributed by atoms with Gasteiger partial charge in [0.25, 0.3) is 5.91 Å². The van der Waals surface area contributed by atoms with E-state index in [0.717, 1.165) is 69.5 Å². The molecule has 0 unspecified atom stereocenters. The highest BCUT2D eigenvalue weighted by Gasteiger charge is 2.19. The lowest BCUT2D eigenvalue weighted by molar-refractivity contribution is 0.0925. The Morgan fingerprint density at radius 3 is 2.38 bits per heavy atom. The van der Waals surface area contributed by atoms with Crippen molar-refractivity contribution in [2.24, 2.45) is 4.99 Å². The van der Waals surface area contributed by atoms with E-state index in [9.17, 15) is 14.7 Å². The predicted octanol–water partition coefficient (Wildman–Crippen LogP) is 4.24. The van der Waals surface area contributed by atoms with Crippen molar-refractivity contribution in [2.45, 2.75) is 6.42 Å². The van der Waals surface area contributed by atoms with E-state index in [2.05, 4.69) is 20.1 Å². The molecular weight excluding hydrogens is 530 g/mol. The van der Waals surface area contributed by atoms with Crippen molar-refractivity contribution >= 4 is 34.5 Å². The second kappa shape index (κ2) is 14.0. The van der Waals surface area contributed by atoms with Gasteiger partial charge in [-0.15, -0.1) is 0 Å². The van der Waals surface area contributed by atoms with Crippen LogP contribution in [0.1, 0.15) is 38.3 Å². The van der Waals surface area contributed by atoms with Gasteiger partial charge >= 0.3 is 0 Å². The van der Waals surface area contributed by atoms with Gasteiger partial charge in [0.15, 0.2) is 5.88 Å². The molecule has 42 heavy (non-hydrogen) atoms. The van der Waals surface area contributed by atoms with Gasteiger partial charge in [0, 0.05) is 74.0 Å². The van der Waals surface area contributed by atoms with Crippen molar-refractivity contribution < 1.29 is 19.4 Å². The number of fused-ring (bicyclic) bond motifs is 1. The summed E-state index contributed by atoms with van der Waals surface area (Å²) in [6.45, 7) is 7.52. The second-order valence-electron chi connectivity index (χ2n) is 10.4. The molecule has 218 valence electrons. The lowest BCUT2D eigenvalue weighted by Crippen LogP contribution is -2.47. The number of benzene rings is 3. The Morgan fingerprint density at radius 1 is 0.976 bits per heavy atom. The maximum absolute atomic E-state index is 12.8. The third-order valence-corrected chi connectivity index (χ3v) is 7.61. The molecule has 0 radical (unpaired) electrons. The zero-order valence-corrected chi connectivity index (χ0v) is 23.9. The normalized spacial score (nSPS) is 14.7. The molecule has 1 fully saturated rings. The summed E-state index contributed by atoms with van der Waals surface area (Å²) < 4.78 is 5.17. The Balaban J connectivity index is 1.24. The third kappa shape index (κ3) is 7.12. The number of methoxy groups -OCH3 is 1. The van der Waals surface area contributed by atoms with Gasteiger partial charge in [0.1, 0.15) is 6.29 Å². The van der Waals surface area contributed by atoms with Crippen LogP contribution in [-0.2, 0) is 4.74 Å². The summed E-state index contributed by atoms with van der Waals surface area (Å²) in [5, 5.41) is 14.7. The van der Waals surface area contributed by atoms with Gasteiger partial charge in [0.2, 0.25) is 0 Å². The molecule has 5 rings (SSSR count). The molecule has 1 saturated heterocycles. The Hall–Kier alpha value is -4.31. The molecule has 3 aromatic carbocycles. The number of H-pyrrole nitrogens is 1. The largest absolute Gasteiger partial charge is 0.494 e. The van der Waals surface area contributed by atoms with Crippen LogP contribution in [0, 0.1) is 0 Å². The number of aldehydes is 1. The van der Waals surface area contributed by atoms with E-state index in [-0.39, 0.29) is 11.8 Å². The van der Waals surface area contributed by atoms with Gasteiger partial charge in [-0.2, -0.15) is 0 Å². The fourth-order valence-electron chi connectivity index (χ4n) is 5.25. The van der Waals surface area contributed by atoms with Crippen LogP contribution >= 0.6 is 0 Å². The Labute approximate surface area is 245 Å². The van der Waals surface area contributed by atoms with Crippen LogP contribution in [0.3, 0.4) is 0 Å². The fraction of sp³-hybridized carbons (Fsp3) is 0.303. The number of hydrogen-bond donors (Lipinski definition) is 3. The number of carbonyl (C=O) groups excluding carboxylic acids is 2. The van der Waals surface area contributed by atoms with E-state index in [1.807, 2.05) is 30.3 Å². The number of aromatic nitrogens is 1. The number of hydrogen-bond acceptors (Lipinski definition) is 7. The molecule has 0 saturated carbocycles. The van der Waals surface area contributed by atoms with E-state index in [4.69, 9.17) is 9.73 Å². The molecule has 4 aromatic rings. The maximum atomic E-state index is 12.8. The van der Waals surface area contributed by atoms with Crippen LogP contribution < -0.4 is 5.32 Å². The number of aliphatic imine (C=N–C) groups is 1. The summed E-state index contributed by atoms with van der Waals surface area (Å²) in [5.41, 5.74) is 4.32. The van der Waals surface area contributed by atoms with Gasteiger partial charge in [0.05, 0.1) is 23.6 Å². The minimum Gasteiger partial charge on any atom is -0.494 e. The molecule has 0 atom stereocenters. The van der Waals surface area contributed by atoms with E-state index in [1.165, 1.54) is 0 Å². The third-order valence-electron chi connectivity index (χ3n) is 7.61. The summed E-state index contributed by atoms with van der Waals surface area (Å²) in [6, 6.07) is 22.0. The van der Waals surface area contributed by atoms with Crippen LogP contribution in [0.2, 0.25) is 0 Å². The Morgan fingerprint density at radius 2 is 1.69 bits per heavy atom. The summed E-state index contributed by atoms with van der Waals surface area (Å²) in [4.78, 5) is 36.8. The first-order valence-corrected chi connectivity index (χ1v) is 14.3. The molecule has 0 spiro atoms. The number of nitrogens with one attached hydrogen (secondary N) is 2. The van der Waals surface area contributed by atoms with Gasteiger partial charge in [-0.05, 0) is 43.3 Å². The minimum absolute atomic E-state index is 0.0281. The van der Waals surface area contributed by atoms with Gasteiger partial charge in [-0.3, -0.25) is 14.5 Å². The highest BCUT2D eigenvalue weighted by Crippen LogP contribution is 2.32. The van der Waals surface area contributed by atoms with E-state index in [0.29, 0.717) is 40.2 Å². The van der Waals surface area contributed by atoms with Gasteiger partial charge in [-0.1, -0.05) is 42.5 Å². The SMILES string of the molecule is COCCN1CCN(CCCNC(=O)c2ccc(N=C(c3ccccc3)c3c(O)[nH]c4cc(C=O)ccc34)cc2)CC1. The number of nitrogens with zero attached hydrogens (tertiary/aromatic N) is 3. The first-order valence-electron chi connectivity index (χ1n) is 14.3. The molecule has 1 aliphatic rings. The molecule has 0 bridgehead atoms. The van der Waals surface area contributed by atoms with Crippen LogP contribution in [0.5, 0.6) is 5.88 Å². The topological polar surface area (TPSA) is 110 Å². The minimum atomic E-state index is -0.113.